The van der Waals surface area contributed by atoms with Gasteiger partial charge < -0.3 is 20.4 Å². The van der Waals surface area contributed by atoms with Crippen molar-refractivity contribution >= 4 is 34.3 Å². The van der Waals surface area contributed by atoms with Crippen LogP contribution in [0.1, 0.15) is 28.4 Å². The molecule has 0 unspecified atom stereocenters. The number of hydrogen-bond donors (Lipinski definition) is 2. The van der Waals surface area contributed by atoms with E-state index in [9.17, 15) is 9.18 Å². The third-order valence-corrected chi connectivity index (χ3v) is 6.72. The van der Waals surface area contributed by atoms with Crippen LogP contribution in [0.3, 0.4) is 0 Å². The van der Waals surface area contributed by atoms with Gasteiger partial charge in [0.25, 0.3) is 5.91 Å². The lowest BCUT2D eigenvalue weighted by Crippen LogP contribution is -2.46. The van der Waals surface area contributed by atoms with Crippen LogP contribution in [0.4, 0.5) is 21.8 Å². The van der Waals surface area contributed by atoms with Gasteiger partial charge in [-0.2, -0.15) is 4.98 Å². The van der Waals surface area contributed by atoms with Crippen molar-refractivity contribution in [1.82, 2.24) is 14.9 Å². The molecule has 0 radical (unpaired) electrons. The van der Waals surface area contributed by atoms with Crippen LogP contribution in [0, 0.1) is 12.7 Å². The number of aromatic nitrogens is 2. The number of benzene rings is 3. The molecular weight excluding hydrogens is 467 g/mol. The normalized spacial score (nSPS) is 14.1. The summed E-state index contributed by atoms with van der Waals surface area (Å²) in [4.78, 5) is 26.9. The summed E-state index contributed by atoms with van der Waals surface area (Å²) in [5.41, 5.74) is 4.22. The molecule has 0 aliphatic carbocycles. The van der Waals surface area contributed by atoms with E-state index in [-0.39, 0.29) is 11.7 Å². The maximum atomic E-state index is 13.1. The highest BCUT2D eigenvalue weighted by Crippen LogP contribution is 2.26. The second-order valence-electron chi connectivity index (χ2n) is 9.33. The van der Waals surface area contributed by atoms with Crippen molar-refractivity contribution in [2.45, 2.75) is 20.4 Å². The third-order valence-electron chi connectivity index (χ3n) is 6.72. The number of nitrogens with zero attached hydrogens (tertiary/aromatic N) is 4. The number of halogens is 1. The number of fused-ring (bicyclic) bond motifs is 1. The van der Waals surface area contributed by atoms with Crippen molar-refractivity contribution in [1.29, 1.82) is 0 Å². The van der Waals surface area contributed by atoms with E-state index >= 15 is 0 Å². The topological polar surface area (TPSA) is 73.4 Å². The Morgan fingerprint density at radius 1 is 0.946 bits per heavy atom. The molecule has 190 valence electrons. The van der Waals surface area contributed by atoms with Crippen LogP contribution in [-0.4, -0.2) is 53.5 Å². The average molecular weight is 499 g/mol. The summed E-state index contributed by atoms with van der Waals surface area (Å²) >= 11 is 0. The maximum absolute atomic E-state index is 13.1. The number of aryl methyl sites for hydroxylation is 1. The fourth-order valence-corrected chi connectivity index (χ4v) is 4.47. The van der Waals surface area contributed by atoms with E-state index in [2.05, 4.69) is 52.5 Å². The number of hydrogen-bond acceptors (Lipinski definition) is 6. The molecule has 1 saturated heterocycles. The van der Waals surface area contributed by atoms with Gasteiger partial charge >= 0.3 is 0 Å². The molecule has 2 heterocycles. The van der Waals surface area contributed by atoms with Gasteiger partial charge in [0.1, 0.15) is 11.6 Å². The van der Waals surface area contributed by atoms with E-state index in [1.807, 2.05) is 24.3 Å². The van der Waals surface area contributed by atoms with Gasteiger partial charge in [-0.15, -0.1) is 0 Å². The minimum atomic E-state index is -0.369. The van der Waals surface area contributed by atoms with Crippen molar-refractivity contribution in [3.8, 4) is 0 Å². The Bertz CT molecular complexity index is 1380. The van der Waals surface area contributed by atoms with Gasteiger partial charge in [-0.1, -0.05) is 30.7 Å². The number of amides is 1. The zero-order chi connectivity index (χ0) is 25.8. The number of carbonyl (C=O) groups excluding carboxylic acids is 1. The molecule has 2 N–H and O–H groups in total. The van der Waals surface area contributed by atoms with Crippen LogP contribution < -0.4 is 15.5 Å². The van der Waals surface area contributed by atoms with Crippen molar-refractivity contribution in [2.24, 2.45) is 0 Å². The predicted octanol–water partition coefficient (Wildman–Crippen LogP) is 5.08. The molecular formula is C29H31FN6O. The Balaban J connectivity index is 1.29. The summed E-state index contributed by atoms with van der Waals surface area (Å²) < 4.78 is 13.1. The number of carbonyl (C=O) groups is 1. The number of anilines is 3. The molecule has 3 aromatic carbocycles. The van der Waals surface area contributed by atoms with Crippen molar-refractivity contribution in [2.75, 3.05) is 48.3 Å². The van der Waals surface area contributed by atoms with E-state index < -0.39 is 0 Å². The molecule has 37 heavy (non-hydrogen) atoms. The van der Waals surface area contributed by atoms with E-state index in [4.69, 9.17) is 9.97 Å². The summed E-state index contributed by atoms with van der Waals surface area (Å²) in [6, 6.07) is 19.4. The first-order chi connectivity index (χ1) is 18.0. The monoisotopic (exact) mass is 498 g/mol. The highest BCUT2D eigenvalue weighted by molar-refractivity contribution is 6.04. The Morgan fingerprint density at radius 2 is 1.68 bits per heavy atom. The second-order valence-corrected chi connectivity index (χ2v) is 9.33. The van der Waals surface area contributed by atoms with Gasteiger partial charge in [0, 0.05) is 49.4 Å². The molecule has 1 aliphatic rings. The number of rotatable bonds is 7. The van der Waals surface area contributed by atoms with Crippen LogP contribution >= 0.6 is 0 Å². The van der Waals surface area contributed by atoms with Crippen LogP contribution in [0.2, 0.25) is 0 Å². The lowest BCUT2D eigenvalue weighted by molar-refractivity contribution is 0.102. The molecule has 0 bridgehead atoms. The highest BCUT2D eigenvalue weighted by Gasteiger charge is 2.19. The summed E-state index contributed by atoms with van der Waals surface area (Å²) in [5.74, 6) is 0.927. The molecule has 1 amide bonds. The van der Waals surface area contributed by atoms with Crippen LogP contribution in [-0.2, 0) is 6.54 Å². The van der Waals surface area contributed by atoms with Crippen molar-refractivity contribution in [3.63, 3.8) is 0 Å². The smallest absolute Gasteiger partial charge is 0.255 e. The summed E-state index contributed by atoms with van der Waals surface area (Å²) in [7, 11) is 0. The number of piperazine rings is 1. The summed E-state index contributed by atoms with van der Waals surface area (Å²) in [6.45, 7) is 9.75. The van der Waals surface area contributed by atoms with E-state index in [1.54, 1.807) is 0 Å². The molecule has 1 aromatic heterocycles. The van der Waals surface area contributed by atoms with E-state index in [0.29, 0.717) is 17.8 Å². The van der Waals surface area contributed by atoms with E-state index in [1.165, 1.54) is 24.3 Å². The fraction of sp³-hybridized carbons (Fsp3) is 0.276. The fourth-order valence-electron chi connectivity index (χ4n) is 4.47. The van der Waals surface area contributed by atoms with Crippen molar-refractivity contribution < 1.29 is 9.18 Å². The van der Waals surface area contributed by atoms with Gasteiger partial charge in [0.2, 0.25) is 5.95 Å². The molecule has 4 aromatic rings. The van der Waals surface area contributed by atoms with Gasteiger partial charge in [0.05, 0.1) is 5.52 Å². The minimum absolute atomic E-state index is 0.277. The third kappa shape index (κ3) is 5.86. The van der Waals surface area contributed by atoms with Gasteiger partial charge in [-0.05, 0) is 67.6 Å². The lowest BCUT2D eigenvalue weighted by Gasteiger charge is -2.34. The van der Waals surface area contributed by atoms with Gasteiger partial charge in [-0.25, -0.2) is 9.37 Å². The standard InChI is InChI=1S/C29H31FN6O/c1-3-35-14-16-36(17-15-35)29-33-26-13-4-20(2)18-25(26)27(34-29)31-19-21-5-11-24(12-6-21)32-28(37)22-7-9-23(30)10-8-22/h4-13,18H,3,14-17,19H2,1-2H3,(H,32,37)(H,31,33,34). The number of likely N-dealkylation sites (N-methyl/N-ethyl adjacent to an activating group) is 1. The maximum Gasteiger partial charge on any atom is 0.255 e. The molecule has 7 nitrogen and oxygen atoms in total. The first-order valence-corrected chi connectivity index (χ1v) is 12.6. The van der Waals surface area contributed by atoms with E-state index in [0.717, 1.165) is 66.5 Å². The molecule has 0 saturated carbocycles. The SMILES string of the molecule is CCN1CCN(c2nc(NCc3ccc(NC(=O)c4ccc(F)cc4)cc3)c3cc(C)ccc3n2)CC1. The predicted molar refractivity (Wildman–Crippen MR) is 147 cm³/mol. The molecule has 1 aliphatic heterocycles. The Hall–Kier alpha value is -4.04. The second kappa shape index (κ2) is 10.9. The van der Waals surface area contributed by atoms with Gasteiger partial charge in [-0.3, -0.25) is 4.79 Å². The lowest BCUT2D eigenvalue weighted by atomic mass is 10.1. The Labute approximate surface area is 216 Å². The molecule has 1 fully saturated rings. The highest BCUT2D eigenvalue weighted by atomic mass is 19.1. The first kappa shape index (κ1) is 24.6. The average Bonchev–Trinajstić information content (AvgIpc) is 2.93. The molecule has 8 heteroatoms. The molecule has 5 rings (SSSR count). The number of nitrogens with one attached hydrogen (secondary N) is 2. The molecule has 0 spiro atoms. The zero-order valence-electron chi connectivity index (χ0n) is 21.2. The summed E-state index contributed by atoms with van der Waals surface area (Å²) in [5, 5.41) is 7.36. The summed E-state index contributed by atoms with van der Waals surface area (Å²) in [6.07, 6.45) is 0. The first-order valence-electron chi connectivity index (χ1n) is 12.6. The van der Waals surface area contributed by atoms with Gasteiger partial charge in [0.15, 0.2) is 0 Å². The Morgan fingerprint density at radius 3 is 2.38 bits per heavy atom. The molecule has 0 atom stereocenters. The van der Waals surface area contributed by atoms with Crippen LogP contribution in [0.25, 0.3) is 10.9 Å². The van der Waals surface area contributed by atoms with Crippen LogP contribution in [0.5, 0.6) is 0 Å². The van der Waals surface area contributed by atoms with Crippen molar-refractivity contribution in [3.05, 3.63) is 89.2 Å². The quantitative estimate of drug-likeness (QED) is 0.370. The Kier molecular flexibility index (Phi) is 7.28. The largest absolute Gasteiger partial charge is 0.365 e. The minimum Gasteiger partial charge on any atom is -0.365 e. The van der Waals surface area contributed by atoms with Crippen LogP contribution in [0.15, 0.2) is 66.7 Å². The zero-order valence-corrected chi connectivity index (χ0v) is 21.2.